The molecule has 1 aliphatic rings. The van der Waals surface area contributed by atoms with Crippen molar-refractivity contribution in [2.24, 2.45) is 0 Å². The molecule has 1 heterocycles. The highest BCUT2D eigenvalue weighted by Gasteiger charge is 2.34. The summed E-state index contributed by atoms with van der Waals surface area (Å²) in [5, 5.41) is 2.97. The fraction of sp³-hybridized carbons (Fsp3) is 0.250. The van der Waals surface area contributed by atoms with Crippen LogP contribution in [0.25, 0.3) is 0 Å². The summed E-state index contributed by atoms with van der Waals surface area (Å²) in [6.07, 6.45) is -4.38. The maximum atomic E-state index is 13.0. The van der Waals surface area contributed by atoms with E-state index in [0.29, 0.717) is 13.2 Å². The Bertz CT molecular complexity index is 639. The Labute approximate surface area is 120 Å². The fourth-order valence-electron chi connectivity index (χ4n) is 2.55. The van der Waals surface area contributed by atoms with Crippen molar-refractivity contribution in [3.8, 4) is 0 Å². The summed E-state index contributed by atoms with van der Waals surface area (Å²) >= 11 is 0. The standard InChI is InChI=1S/C16H14F3NO/c17-16(18,19)13-7-3-4-8-14(13)20-15-10-21-9-11-5-1-2-6-12(11)15/h1-8,15,20H,9-10H2. The number of hydrogen-bond donors (Lipinski definition) is 1. The van der Waals surface area contributed by atoms with Gasteiger partial charge in [-0.3, -0.25) is 0 Å². The second-order valence-corrected chi connectivity index (χ2v) is 4.95. The highest BCUT2D eigenvalue weighted by atomic mass is 19.4. The van der Waals surface area contributed by atoms with Gasteiger partial charge in [-0.15, -0.1) is 0 Å². The van der Waals surface area contributed by atoms with E-state index in [-0.39, 0.29) is 11.7 Å². The van der Waals surface area contributed by atoms with Gasteiger partial charge in [0, 0.05) is 5.69 Å². The Morgan fingerprint density at radius 1 is 1.00 bits per heavy atom. The predicted molar refractivity (Wildman–Crippen MR) is 73.9 cm³/mol. The molecule has 0 aliphatic carbocycles. The summed E-state index contributed by atoms with van der Waals surface area (Å²) in [5.41, 5.74) is 1.41. The van der Waals surface area contributed by atoms with Gasteiger partial charge in [-0.1, -0.05) is 36.4 Å². The lowest BCUT2D eigenvalue weighted by Gasteiger charge is -2.28. The van der Waals surface area contributed by atoms with Crippen molar-refractivity contribution >= 4 is 5.69 Å². The van der Waals surface area contributed by atoms with E-state index < -0.39 is 11.7 Å². The average molecular weight is 293 g/mol. The van der Waals surface area contributed by atoms with Gasteiger partial charge in [0.25, 0.3) is 0 Å². The Balaban J connectivity index is 1.92. The molecular formula is C16H14F3NO. The van der Waals surface area contributed by atoms with Crippen LogP contribution >= 0.6 is 0 Å². The molecule has 0 radical (unpaired) electrons. The maximum absolute atomic E-state index is 13.0. The van der Waals surface area contributed by atoms with Crippen LogP contribution in [0.1, 0.15) is 22.7 Å². The number of fused-ring (bicyclic) bond motifs is 1. The topological polar surface area (TPSA) is 21.3 Å². The number of hydrogen-bond acceptors (Lipinski definition) is 2. The van der Waals surface area contributed by atoms with Gasteiger partial charge in [-0.2, -0.15) is 13.2 Å². The third-order valence-corrected chi connectivity index (χ3v) is 3.53. The van der Waals surface area contributed by atoms with Gasteiger partial charge in [0.1, 0.15) is 0 Å². The third kappa shape index (κ3) is 2.88. The zero-order valence-corrected chi connectivity index (χ0v) is 11.2. The lowest BCUT2D eigenvalue weighted by atomic mass is 9.98. The van der Waals surface area contributed by atoms with Crippen LogP contribution in [0.4, 0.5) is 18.9 Å². The quantitative estimate of drug-likeness (QED) is 0.886. The maximum Gasteiger partial charge on any atom is 0.418 e. The first kappa shape index (κ1) is 13.9. The molecule has 2 aromatic carbocycles. The monoisotopic (exact) mass is 293 g/mol. The van der Waals surface area contributed by atoms with E-state index >= 15 is 0 Å². The number of benzene rings is 2. The largest absolute Gasteiger partial charge is 0.418 e. The van der Waals surface area contributed by atoms with Crippen LogP contribution in [-0.4, -0.2) is 6.61 Å². The molecule has 5 heteroatoms. The number of nitrogens with one attached hydrogen (secondary N) is 1. The molecule has 1 N–H and O–H groups in total. The lowest BCUT2D eigenvalue weighted by Crippen LogP contribution is -2.24. The normalized spacial score (nSPS) is 18.1. The van der Waals surface area contributed by atoms with Gasteiger partial charge < -0.3 is 10.1 Å². The average Bonchev–Trinajstić information content (AvgIpc) is 2.47. The van der Waals surface area contributed by atoms with Gasteiger partial charge in [-0.05, 0) is 23.3 Å². The summed E-state index contributed by atoms with van der Waals surface area (Å²) in [6, 6.07) is 12.9. The van der Waals surface area contributed by atoms with E-state index in [1.165, 1.54) is 12.1 Å². The van der Waals surface area contributed by atoms with Crippen LogP contribution in [0, 0.1) is 0 Å². The molecule has 1 atom stereocenters. The molecule has 2 nitrogen and oxygen atoms in total. The molecule has 0 aromatic heterocycles. The molecule has 2 aromatic rings. The van der Waals surface area contributed by atoms with Crippen LogP contribution in [0.15, 0.2) is 48.5 Å². The third-order valence-electron chi connectivity index (χ3n) is 3.53. The van der Waals surface area contributed by atoms with Crippen molar-refractivity contribution in [3.05, 3.63) is 65.2 Å². The molecular weight excluding hydrogens is 279 g/mol. The first-order valence-electron chi connectivity index (χ1n) is 6.64. The highest BCUT2D eigenvalue weighted by Crippen LogP contribution is 2.37. The van der Waals surface area contributed by atoms with Gasteiger partial charge >= 0.3 is 6.18 Å². The molecule has 0 saturated heterocycles. The number of ether oxygens (including phenoxy) is 1. The molecule has 0 spiro atoms. The van der Waals surface area contributed by atoms with Crippen molar-refractivity contribution in [1.29, 1.82) is 0 Å². The van der Waals surface area contributed by atoms with Crippen LogP contribution < -0.4 is 5.32 Å². The van der Waals surface area contributed by atoms with Gasteiger partial charge in [-0.25, -0.2) is 0 Å². The summed E-state index contributed by atoms with van der Waals surface area (Å²) in [6.45, 7) is 0.846. The molecule has 0 amide bonds. The second-order valence-electron chi connectivity index (χ2n) is 4.95. The van der Waals surface area contributed by atoms with Gasteiger partial charge in [0.2, 0.25) is 0 Å². The Hall–Kier alpha value is -2.01. The molecule has 1 aliphatic heterocycles. The lowest BCUT2D eigenvalue weighted by molar-refractivity contribution is -0.137. The van der Waals surface area contributed by atoms with Crippen molar-refractivity contribution < 1.29 is 17.9 Å². The van der Waals surface area contributed by atoms with Crippen LogP contribution in [0.5, 0.6) is 0 Å². The molecule has 3 rings (SSSR count). The summed E-state index contributed by atoms with van der Waals surface area (Å²) in [5.74, 6) is 0. The zero-order chi connectivity index (χ0) is 14.9. The first-order valence-corrected chi connectivity index (χ1v) is 6.64. The Kier molecular flexibility index (Phi) is 3.59. The number of halogens is 3. The fourth-order valence-corrected chi connectivity index (χ4v) is 2.55. The smallest absolute Gasteiger partial charge is 0.375 e. The van der Waals surface area contributed by atoms with E-state index in [1.807, 2.05) is 24.3 Å². The molecule has 1 unspecified atom stereocenters. The van der Waals surface area contributed by atoms with E-state index in [0.717, 1.165) is 17.2 Å². The molecule has 110 valence electrons. The number of para-hydroxylation sites is 1. The van der Waals surface area contributed by atoms with E-state index in [4.69, 9.17) is 4.74 Å². The molecule has 21 heavy (non-hydrogen) atoms. The Morgan fingerprint density at radius 3 is 2.52 bits per heavy atom. The van der Waals surface area contributed by atoms with Crippen LogP contribution in [0.2, 0.25) is 0 Å². The van der Waals surface area contributed by atoms with Gasteiger partial charge in [0.05, 0.1) is 24.8 Å². The molecule has 0 bridgehead atoms. The van der Waals surface area contributed by atoms with Crippen LogP contribution in [0.3, 0.4) is 0 Å². The van der Waals surface area contributed by atoms with Crippen molar-refractivity contribution in [2.75, 3.05) is 11.9 Å². The zero-order valence-electron chi connectivity index (χ0n) is 11.2. The number of rotatable bonds is 2. The summed E-state index contributed by atoms with van der Waals surface area (Å²) < 4.78 is 44.5. The molecule has 0 fully saturated rings. The van der Waals surface area contributed by atoms with Crippen LogP contribution in [-0.2, 0) is 17.5 Å². The van der Waals surface area contributed by atoms with E-state index in [9.17, 15) is 13.2 Å². The minimum absolute atomic E-state index is 0.0790. The second kappa shape index (κ2) is 5.41. The first-order chi connectivity index (χ1) is 10.1. The minimum Gasteiger partial charge on any atom is -0.375 e. The predicted octanol–water partition coefficient (Wildman–Crippen LogP) is 4.39. The highest BCUT2D eigenvalue weighted by molar-refractivity contribution is 5.54. The summed E-state index contributed by atoms with van der Waals surface area (Å²) in [7, 11) is 0. The van der Waals surface area contributed by atoms with Crippen molar-refractivity contribution in [1.82, 2.24) is 0 Å². The SMILES string of the molecule is FC(F)(F)c1ccccc1NC1COCc2ccccc21. The Morgan fingerprint density at radius 2 is 1.71 bits per heavy atom. The van der Waals surface area contributed by atoms with Crippen molar-refractivity contribution in [2.45, 2.75) is 18.8 Å². The summed E-state index contributed by atoms with van der Waals surface area (Å²) in [4.78, 5) is 0. The number of alkyl halides is 3. The molecule has 0 saturated carbocycles. The van der Waals surface area contributed by atoms with Gasteiger partial charge in [0.15, 0.2) is 0 Å². The number of anilines is 1. The van der Waals surface area contributed by atoms with E-state index in [1.54, 1.807) is 6.07 Å². The minimum atomic E-state index is -4.38. The van der Waals surface area contributed by atoms with E-state index in [2.05, 4.69) is 5.32 Å². The van der Waals surface area contributed by atoms with Crippen molar-refractivity contribution in [3.63, 3.8) is 0 Å².